The summed E-state index contributed by atoms with van der Waals surface area (Å²) in [5.74, 6) is -0.530. The second kappa shape index (κ2) is 7.02. The highest BCUT2D eigenvalue weighted by Crippen LogP contribution is 2.22. The van der Waals surface area contributed by atoms with Crippen molar-refractivity contribution >= 4 is 28.3 Å². The minimum Gasteiger partial charge on any atom is -0.464 e. The standard InChI is InChI=1S/C16H18N2O4/c1-11(17-10-20)13-4-3-12-5-7-18(15(12)9-13)14(6-8-19)16(21)22-2/h3-7,9,19-20H,8,10H2,1-2H3/b14-6-,17-11?. The molecule has 0 bridgehead atoms. The van der Waals surface area contributed by atoms with Gasteiger partial charge in [0.15, 0.2) is 0 Å². The van der Waals surface area contributed by atoms with Crippen LogP contribution in [0.2, 0.25) is 0 Å². The summed E-state index contributed by atoms with van der Waals surface area (Å²) in [7, 11) is 1.29. The lowest BCUT2D eigenvalue weighted by molar-refractivity contribution is -0.134. The van der Waals surface area contributed by atoms with E-state index in [0.29, 0.717) is 5.71 Å². The smallest absolute Gasteiger partial charge is 0.354 e. The quantitative estimate of drug-likeness (QED) is 0.497. The van der Waals surface area contributed by atoms with Crippen LogP contribution in [-0.2, 0) is 9.53 Å². The molecule has 1 aromatic carbocycles. The number of methoxy groups -OCH3 is 1. The fraction of sp³-hybridized carbons (Fsp3) is 0.250. The maximum Gasteiger partial charge on any atom is 0.354 e. The maximum absolute atomic E-state index is 11.9. The molecule has 0 radical (unpaired) electrons. The first kappa shape index (κ1) is 15.9. The molecule has 0 aliphatic carbocycles. The molecule has 2 N–H and O–H groups in total. The zero-order valence-electron chi connectivity index (χ0n) is 12.5. The number of nitrogens with zero attached hydrogens (tertiary/aromatic N) is 2. The number of esters is 1. The number of hydrogen-bond donors (Lipinski definition) is 2. The van der Waals surface area contributed by atoms with E-state index in [2.05, 4.69) is 4.99 Å². The molecule has 2 rings (SSSR count). The number of carbonyl (C=O) groups excluding carboxylic acids is 1. The molecule has 0 aliphatic rings. The maximum atomic E-state index is 11.9. The first-order valence-corrected chi connectivity index (χ1v) is 6.75. The molecule has 116 valence electrons. The van der Waals surface area contributed by atoms with Crippen LogP contribution in [0.5, 0.6) is 0 Å². The van der Waals surface area contributed by atoms with Gasteiger partial charge in [-0.2, -0.15) is 0 Å². The van der Waals surface area contributed by atoms with Crippen LogP contribution in [0.25, 0.3) is 16.6 Å². The van der Waals surface area contributed by atoms with Gasteiger partial charge < -0.3 is 19.5 Å². The van der Waals surface area contributed by atoms with Crippen LogP contribution in [0, 0.1) is 0 Å². The van der Waals surface area contributed by atoms with E-state index >= 15 is 0 Å². The number of carbonyl (C=O) groups is 1. The van der Waals surface area contributed by atoms with Crippen LogP contribution in [0.1, 0.15) is 12.5 Å². The van der Waals surface area contributed by atoms with Gasteiger partial charge in [-0.3, -0.25) is 4.99 Å². The summed E-state index contributed by atoms with van der Waals surface area (Å²) < 4.78 is 6.42. The average molecular weight is 302 g/mol. The van der Waals surface area contributed by atoms with Crippen molar-refractivity contribution in [2.75, 3.05) is 20.4 Å². The SMILES string of the molecule is COC(=O)/C(=C/CO)n1ccc2ccc(C(C)=NCO)cc21. The van der Waals surface area contributed by atoms with E-state index in [0.717, 1.165) is 16.5 Å². The molecule has 0 spiro atoms. The molecule has 0 saturated carbocycles. The molecule has 0 unspecified atom stereocenters. The largest absolute Gasteiger partial charge is 0.464 e. The Balaban J connectivity index is 2.59. The predicted molar refractivity (Wildman–Crippen MR) is 84.6 cm³/mol. The minimum atomic E-state index is -0.530. The number of hydrogen-bond acceptors (Lipinski definition) is 5. The van der Waals surface area contributed by atoms with Gasteiger partial charge in [-0.1, -0.05) is 12.1 Å². The lowest BCUT2D eigenvalue weighted by Gasteiger charge is -2.09. The van der Waals surface area contributed by atoms with E-state index in [1.165, 1.54) is 13.2 Å². The summed E-state index contributed by atoms with van der Waals surface area (Å²) in [5, 5.41) is 19.0. The van der Waals surface area contributed by atoms with Crippen molar-refractivity contribution in [2.24, 2.45) is 4.99 Å². The monoisotopic (exact) mass is 302 g/mol. The summed E-state index contributed by atoms with van der Waals surface area (Å²) >= 11 is 0. The van der Waals surface area contributed by atoms with E-state index in [1.807, 2.05) is 24.3 Å². The normalized spacial score (nSPS) is 12.7. The van der Waals surface area contributed by atoms with Gasteiger partial charge in [0.1, 0.15) is 12.4 Å². The third-order valence-electron chi connectivity index (χ3n) is 3.36. The summed E-state index contributed by atoms with van der Waals surface area (Å²) in [4.78, 5) is 15.9. The Morgan fingerprint density at radius 3 is 2.77 bits per heavy atom. The topological polar surface area (TPSA) is 84.0 Å². The number of aliphatic hydroxyl groups excluding tert-OH is 2. The molecule has 6 nitrogen and oxygen atoms in total. The van der Waals surface area contributed by atoms with Crippen molar-refractivity contribution in [1.82, 2.24) is 4.57 Å². The number of rotatable bonds is 5. The zero-order chi connectivity index (χ0) is 16.1. The number of benzene rings is 1. The Morgan fingerprint density at radius 1 is 1.36 bits per heavy atom. The van der Waals surface area contributed by atoms with Crippen molar-refractivity contribution in [3.63, 3.8) is 0 Å². The molecule has 2 aromatic rings. The van der Waals surface area contributed by atoms with Crippen molar-refractivity contribution < 1.29 is 19.7 Å². The summed E-state index contributed by atoms with van der Waals surface area (Å²) in [6.45, 7) is 1.26. The number of aromatic nitrogens is 1. The lowest BCUT2D eigenvalue weighted by atomic mass is 10.1. The first-order chi connectivity index (χ1) is 10.6. The summed E-state index contributed by atoms with van der Waals surface area (Å²) in [6, 6.07) is 7.55. The Labute approximate surface area is 128 Å². The van der Waals surface area contributed by atoms with Gasteiger partial charge in [-0.15, -0.1) is 0 Å². The van der Waals surface area contributed by atoms with Gasteiger partial charge in [0, 0.05) is 11.9 Å². The Morgan fingerprint density at radius 2 is 2.14 bits per heavy atom. The van der Waals surface area contributed by atoms with E-state index in [4.69, 9.17) is 14.9 Å². The third-order valence-corrected chi connectivity index (χ3v) is 3.36. The highest BCUT2D eigenvalue weighted by atomic mass is 16.5. The van der Waals surface area contributed by atoms with Gasteiger partial charge in [-0.05, 0) is 36.1 Å². The fourth-order valence-electron chi connectivity index (χ4n) is 2.23. The molecule has 0 saturated heterocycles. The average Bonchev–Trinajstić information content (AvgIpc) is 2.95. The number of ether oxygens (including phenoxy) is 1. The second-order valence-corrected chi connectivity index (χ2v) is 4.61. The molecule has 22 heavy (non-hydrogen) atoms. The molecule has 6 heteroatoms. The van der Waals surface area contributed by atoms with Gasteiger partial charge in [0.05, 0.1) is 19.2 Å². The molecule has 1 aromatic heterocycles. The molecular weight excluding hydrogens is 284 g/mol. The van der Waals surface area contributed by atoms with E-state index in [9.17, 15) is 4.79 Å². The van der Waals surface area contributed by atoms with E-state index in [1.54, 1.807) is 17.7 Å². The lowest BCUT2D eigenvalue weighted by Crippen LogP contribution is -2.10. The van der Waals surface area contributed by atoms with Crippen molar-refractivity contribution in [3.05, 3.63) is 42.1 Å². The van der Waals surface area contributed by atoms with Crippen LogP contribution in [0.4, 0.5) is 0 Å². The Bertz CT molecular complexity index is 744. The number of aliphatic hydroxyl groups is 2. The third kappa shape index (κ3) is 3.08. The van der Waals surface area contributed by atoms with Gasteiger partial charge in [0.2, 0.25) is 0 Å². The van der Waals surface area contributed by atoms with Crippen molar-refractivity contribution in [1.29, 1.82) is 0 Å². The molecular formula is C16H18N2O4. The second-order valence-electron chi connectivity index (χ2n) is 4.61. The van der Waals surface area contributed by atoms with Gasteiger partial charge >= 0.3 is 5.97 Å². The fourth-order valence-corrected chi connectivity index (χ4v) is 2.23. The number of fused-ring (bicyclic) bond motifs is 1. The van der Waals surface area contributed by atoms with Crippen LogP contribution in [0.3, 0.4) is 0 Å². The van der Waals surface area contributed by atoms with Crippen LogP contribution in [-0.4, -0.2) is 46.9 Å². The molecule has 0 atom stereocenters. The Hall–Kier alpha value is -2.44. The van der Waals surface area contributed by atoms with Crippen molar-refractivity contribution in [3.8, 4) is 0 Å². The molecule has 0 aliphatic heterocycles. The van der Waals surface area contributed by atoms with Crippen molar-refractivity contribution in [2.45, 2.75) is 6.92 Å². The van der Waals surface area contributed by atoms with Crippen LogP contribution >= 0.6 is 0 Å². The highest BCUT2D eigenvalue weighted by molar-refractivity contribution is 6.12. The molecule has 0 amide bonds. The highest BCUT2D eigenvalue weighted by Gasteiger charge is 2.14. The summed E-state index contributed by atoms with van der Waals surface area (Å²) in [5.41, 5.74) is 2.57. The minimum absolute atomic E-state index is 0.244. The Kier molecular flexibility index (Phi) is 5.08. The number of aliphatic imine (C=N–C) groups is 1. The van der Waals surface area contributed by atoms with Crippen LogP contribution in [0.15, 0.2) is 41.5 Å². The molecule has 1 heterocycles. The van der Waals surface area contributed by atoms with Crippen LogP contribution < -0.4 is 0 Å². The van der Waals surface area contributed by atoms with Gasteiger partial charge in [-0.25, -0.2) is 4.79 Å². The van der Waals surface area contributed by atoms with E-state index < -0.39 is 5.97 Å². The predicted octanol–water partition coefficient (Wildman–Crippen LogP) is 1.41. The van der Waals surface area contributed by atoms with Gasteiger partial charge in [0.25, 0.3) is 0 Å². The summed E-state index contributed by atoms with van der Waals surface area (Å²) in [6.07, 6.45) is 3.14. The van der Waals surface area contributed by atoms with E-state index in [-0.39, 0.29) is 19.0 Å². The molecule has 0 fully saturated rings. The zero-order valence-corrected chi connectivity index (χ0v) is 12.5. The first-order valence-electron chi connectivity index (χ1n) is 6.75.